The van der Waals surface area contributed by atoms with Gasteiger partial charge in [0.05, 0.1) is 5.69 Å². The van der Waals surface area contributed by atoms with E-state index in [0.717, 1.165) is 37.8 Å². The van der Waals surface area contributed by atoms with Crippen molar-refractivity contribution in [1.82, 2.24) is 9.55 Å². The zero-order valence-electron chi connectivity index (χ0n) is 10.6. The van der Waals surface area contributed by atoms with Crippen molar-refractivity contribution in [3.63, 3.8) is 0 Å². The molecule has 16 heavy (non-hydrogen) atoms. The quantitative estimate of drug-likeness (QED) is 0.691. The van der Waals surface area contributed by atoms with E-state index in [0.29, 0.717) is 0 Å². The summed E-state index contributed by atoms with van der Waals surface area (Å²) in [5, 5.41) is 3.35. The van der Waals surface area contributed by atoms with Crippen molar-refractivity contribution in [2.45, 2.75) is 39.7 Å². The molecule has 0 bridgehead atoms. The predicted molar refractivity (Wildman–Crippen MR) is 66.9 cm³/mol. The van der Waals surface area contributed by atoms with Crippen molar-refractivity contribution in [2.24, 2.45) is 0 Å². The maximum absolute atomic E-state index is 5.01. The lowest BCUT2D eigenvalue weighted by atomic mass is 10.3. The minimum Gasteiger partial charge on any atom is -0.385 e. The molecule has 0 aliphatic rings. The molecule has 1 heterocycles. The third-order valence-electron chi connectivity index (χ3n) is 2.46. The molecule has 1 N–H and O–H groups in total. The summed E-state index contributed by atoms with van der Waals surface area (Å²) >= 11 is 0. The molecule has 1 rings (SSSR count). The van der Waals surface area contributed by atoms with Gasteiger partial charge in [0, 0.05) is 33.0 Å². The monoisotopic (exact) mass is 225 g/mol. The van der Waals surface area contributed by atoms with Crippen LogP contribution in [0.15, 0.2) is 6.20 Å². The van der Waals surface area contributed by atoms with Gasteiger partial charge in [0.1, 0.15) is 0 Å². The molecular formula is C12H23N3O. The number of hydrogen-bond acceptors (Lipinski definition) is 3. The van der Waals surface area contributed by atoms with Crippen LogP contribution in [0.25, 0.3) is 0 Å². The van der Waals surface area contributed by atoms with Crippen LogP contribution in [0.1, 0.15) is 31.9 Å². The lowest BCUT2D eigenvalue weighted by molar-refractivity contribution is 0.197. The molecule has 0 amide bonds. The van der Waals surface area contributed by atoms with Crippen LogP contribution in [0.5, 0.6) is 0 Å². The maximum atomic E-state index is 5.01. The molecule has 0 aromatic carbocycles. The first-order chi connectivity index (χ1) is 7.77. The van der Waals surface area contributed by atoms with Crippen LogP contribution >= 0.6 is 0 Å². The number of imidazole rings is 1. The maximum Gasteiger partial charge on any atom is 0.203 e. The topological polar surface area (TPSA) is 39.1 Å². The fourth-order valence-corrected chi connectivity index (χ4v) is 1.60. The molecule has 1 aromatic heterocycles. The number of nitrogens with zero attached hydrogens (tertiary/aromatic N) is 2. The molecule has 1 aromatic rings. The Morgan fingerprint density at radius 1 is 1.44 bits per heavy atom. The number of anilines is 1. The largest absolute Gasteiger partial charge is 0.385 e. The van der Waals surface area contributed by atoms with Gasteiger partial charge in [-0.15, -0.1) is 0 Å². The van der Waals surface area contributed by atoms with Gasteiger partial charge in [0.15, 0.2) is 0 Å². The van der Waals surface area contributed by atoms with Gasteiger partial charge in [0.25, 0.3) is 0 Å². The summed E-state index contributed by atoms with van der Waals surface area (Å²) in [5.74, 6) is 0.988. The number of rotatable bonds is 8. The van der Waals surface area contributed by atoms with Crippen molar-refractivity contribution in [3.8, 4) is 0 Å². The highest BCUT2D eigenvalue weighted by atomic mass is 16.5. The molecule has 0 fully saturated rings. The number of ether oxygens (including phenoxy) is 1. The van der Waals surface area contributed by atoms with Gasteiger partial charge in [-0.25, -0.2) is 4.98 Å². The normalized spacial score (nSPS) is 10.7. The van der Waals surface area contributed by atoms with Gasteiger partial charge in [-0.1, -0.05) is 13.3 Å². The molecule has 4 heteroatoms. The third-order valence-corrected chi connectivity index (χ3v) is 2.46. The highest BCUT2D eigenvalue weighted by Gasteiger charge is 2.03. The van der Waals surface area contributed by atoms with Crippen molar-refractivity contribution in [1.29, 1.82) is 0 Å². The van der Waals surface area contributed by atoms with E-state index in [2.05, 4.69) is 28.0 Å². The smallest absolute Gasteiger partial charge is 0.203 e. The SMILES string of the molecule is CCCCn1cc(C)nc1NCCCOC. The molecule has 0 aliphatic heterocycles. The summed E-state index contributed by atoms with van der Waals surface area (Å²) in [6.45, 7) is 6.99. The first-order valence-electron chi connectivity index (χ1n) is 6.04. The summed E-state index contributed by atoms with van der Waals surface area (Å²) in [4.78, 5) is 4.47. The van der Waals surface area contributed by atoms with Crippen LogP contribution in [-0.4, -0.2) is 29.8 Å². The second-order valence-corrected chi connectivity index (χ2v) is 4.03. The fourth-order valence-electron chi connectivity index (χ4n) is 1.60. The Morgan fingerprint density at radius 3 is 2.94 bits per heavy atom. The molecule has 92 valence electrons. The van der Waals surface area contributed by atoms with Crippen LogP contribution in [0.4, 0.5) is 5.95 Å². The molecule has 0 spiro atoms. The molecule has 0 saturated heterocycles. The number of aromatic nitrogens is 2. The first-order valence-corrected chi connectivity index (χ1v) is 6.04. The molecular weight excluding hydrogens is 202 g/mol. The van der Waals surface area contributed by atoms with E-state index in [-0.39, 0.29) is 0 Å². The molecule has 0 radical (unpaired) electrons. The lowest BCUT2D eigenvalue weighted by Crippen LogP contribution is -2.10. The fraction of sp³-hybridized carbons (Fsp3) is 0.750. The Morgan fingerprint density at radius 2 is 2.25 bits per heavy atom. The zero-order chi connectivity index (χ0) is 11.8. The van der Waals surface area contributed by atoms with Crippen LogP contribution in [0.3, 0.4) is 0 Å². The number of aryl methyl sites for hydroxylation is 2. The first kappa shape index (κ1) is 13.0. The highest BCUT2D eigenvalue weighted by Crippen LogP contribution is 2.09. The van der Waals surface area contributed by atoms with Crippen molar-refractivity contribution >= 4 is 5.95 Å². The number of methoxy groups -OCH3 is 1. The van der Waals surface area contributed by atoms with Gasteiger partial charge in [0.2, 0.25) is 5.95 Å². The Kier molecular flexibility index (Phi) is 5.93. The van der Waals surface area contributed by atoms with E-state index in [9.17, 15) is 0 Å². The van der Waals surface area contributed by atoms with E-state index in [4.69, 9.17) is 4.74 Å². The van der Waals surface area contributed by atoms with E-state index in [1.807, 2.05) is 6.92 Å². The summed E-state index contributed by atoms with van der Waals surface area (Å²) < 4.78 is 7.21. The van der Waals surface area contributed by atoms with Crippen LogP contribution in [0, 0.1) is 6.92 Å². The molecule has 0 aliphatic carbocycles. The summed E-state index contributed by atoms with van der Waals surface area (Å²) in [7, 11) is 1.73. The van der Waals surface area contributed by atoms with Gasteiger partial charge in [-0.2, -0.15) is 0 Å². The van der Waals surface area contributed by atoms with Crippen LogP contribution < -0.4 is 5.32 Å². The second-order valence-electron chi connectivity index (χ2n) is 4.03. The van der Waals surface area contributed by atoms with Gasteiger partial charge >= 0.3 is 0 Å². The van der Waals surface area contributed by atoms with Crippen molar-refractivity contribution in [3.05, 3.63) is 11.9 Å². The lowest BCUT2D eigenvalue weighted by Gasteiger charge is -2.08. The van der Waals surface area contributed by atoms with Crippen LogP contribution in [0.2, 0.25) is 0 Å². The standard InChI is InChI=1S/C12H23N3O/c1-4-5-8-15-10-11(2)14-12(15)13-7-6-9-16-3/h10H,4-9H2,1-3H3,(H,13,14). The van der Waals surface area contributed by atoms with E-state index in [1.54, 1.807) is 7.11 Å². The summed E-state index contributed by atoms with van der Waals surface area (Å²) in [6.07, 6.45) is 5.52. The van der Waals surface area contributed by atoms with E-state index < -0.39 is 0 Å². The molecule has 0 unspecified atom stereocenters. The number of nitrogens with one attached hydrogen (secondary N) is 1. The minimum absolute atomic E-state index is 0.793. The Balaban J connectivity index is 2.43. The van der Waals surface area contributed by atoms with Crippen molar-refractivity contribution < 1.29 is 4.74 Å². The Bertz CT molecular complexity index is 296. The number of hydrogen-bond donors (Lipinski definition) is 1. The van der Waals surface area contributed by atoms with Gasteiger partial charge in [-0.05, 0) is 19.8 Å². The number of unbranched alkanes of at least 4 members (excludes halogenated alkanes) is 1. The average Bonchev–Trinajstić information content (AvgIpc) is 2.62. The van der Waals surface area contributed by atoms with Crippen LogP contribution in [-0.2, 0) is 11.3 Å². The van der Waals surface area contributed by atoms with E-state index >= 15 is 0 Å². The molecule has 4 nitrogen and oxygen atoms in total. The van der Waals surface area contributed by atoms with E-state index in [1.165, 1.54) is 12.8 Å². The van der Waals surface area contributed by atoms with Crippen molar-refractivity contribution in [2.75, 3.05) is 25.6 Å². The highest BCUT2D eigenvalue weighted by molar-refractivity contribution is 5.28. The average molecular weight is 225 g/mol. The minimum atomic E-state index is 0.793. The Hall–Kier alpha value is -1.03. The predicted octanol–water partition coefficient (Wildman–Crippen LogP) is 2.44. The second kappa shape index (κ2) is 7.28. The third kappa shape index (κ3) is 4.23. The van der Waals surface area contributed by atoms with Gasteiger partial charge < -0.3 is 14.6 Å². The van der Waals surface area contributed by atoms with Gasteiger partial charge in [-0.3, -0.25) is 0 Å². The zero-order valence-corrected chi connectivity index (χ0v) is 10.6. The Labute approximate surface area is 98.0 Å². The summed E-state index contributed by atoms with van der Waals surface area (Å²) in [6, 6.07) is 0. The molecule has 0 saturated carbocycles. The molecule has 0 atom stereocenters. The summed E-state index contributed by atoms with van der Waals surface area (Å²) in [5.41, 5.74) is 1.07.